The van der Waals surface area contributed by atoms with Crippen molar-refractivity contribution in [3.63, 3.8) is 0 Å². The van der Waals surface area contributed by atoms with E-state index in [9.17, 15) is 0 Å². The number of allylic oxidation sites excluding steroid dienone is 1. The zero-order chi connectivity index (χ0) is 22.5. The van der Waals surface area contributed by atoms with E-state index >= 15 is 0 Å². The molecule has 1 heterocycles. The van der Waals surface area contributed by atoms with Crippen LogP contribution in [0.2, 0.25) is 0 Å². The summed E-state index contributed by atoms with van der Waals surface area (Å²) in [4.78, 5) is 4.72. The molecule has 0 spiro atoms. The van der Waals surface area contributed by atoms with Gasteiger partial charge in [0.1, 0.15) is 5.69 Å². The number of rotatable bonds is 6. The number of halogens is 1. The number of azo groups is 1. The third-order valence-corrected chi connectivity index (χ3v) is 6.54. The molecule has 0 saturated heterocycles. The van der Waals surface area contributed by atoms with Crippen molar-refractivity contribution in [1.82, 2.24) is 4.98 Å². The quantitative estimate of drug-likeness (QED) is 0.175. The lowest BCUT2D eigenvalue weighted by atomic mass is 9.92. The van der Waals surface area contributed by atoms with Crippen LogP contribution in [0.1, 0.15) is 17.5 Å². The average Bonchev–Trinajstić information content (AvgIpc) is 3.28. The van der Waals surface area contributed by atoms with Gasteiger partial charge in [0.05, 0.1) is 16.9 Å². The molecule has 0 saturated carbocycles. The minimum atomic E-state index is 0.639. The van der Waals surface area contributed by atoms with Gasteiger partial charge in [0.15, 0.2) is 5.00 Å². The van der Waals surface area contributed by atoms with Gasteiger partial charge in [-0.05, 0) is 41.7 Å². The highest BCUT2D eigenvalue weighted by Crippen LogP contribution is 2.39. The van der Waals surface area contributed by atoms with Crippen LogP contribution in [0.5, 0.6) is 0 Å². The van der Waals surface area contributed by atoms with E-state index in [1.165, 1.54) is 16.9 Å². The summed E-state index contributed by atoms with van der Waals surface area (Å²) in [5.41, 5.74) is 8.93. The zero-order valence-electron chi connectivity index (χ0n) is 17.6. The van der Waals surface area contributed by atoms with Crippen molar-refractivity contribution in [1.29, 1.82) is 0 Å². The van der Waals surface area contributed by atoms with Crippen LogP contribution < -0.4 is 5.43 Å². The number of hydrogen-bond donors (Lipinski definition) is 1. The Morgan fingerprint density at radius 1 is 0.848 bits per heavy atom. The van der Waals surface area contributed by atoms with Crippen molar-refractivity contribution < 1.29 is 0 Å². The van der Waals surface area contributed by atoms with Crippen LogP contribution in [-0.2, 0) is 6.42 Å². The van der Waals surface area contributed by atoms with Crippen molar-refractivity contribution in [3.05, 3.63) is 102 Å². The molecule has 7 heteroatoms. The van der Waals surface area contributed by atoms with Crippen molar-refractivity contribution in [2.24, 2.45) is 15.3 Å². The summed E-state index contributed by atoms with van der Waals surface area (Å²) in [6.07, 6.45) is 3.59. The molecule has 33 heavy (non-hydrogen) atoms. The van der Waals surface area contributed by atoms with E-state index in [1.54, 1.807) is 6.21 Å². The monoisotopic (exact) mass is 469 g/mol. The first-order valence-electron chi connectivity index (χ1n) is 10.6. The number of hydrogen-bond acceptors (Lipinski definition) is 6. The molecule has 1 N–H and O–H groups in total. The van der Waals surface area contributed by atoms with Crippen molar-refractivity contribution >= 4 is 50.0 Å². The van der Waals surface area contributed by atoms with Gasteiger partial charge in [0.25, 0.3) is 0 Å². The van der Waals surface area contributed by atoms with Crippen LogP contribution in [0.15, 0.2) is 106 Å². The standard InChI is InChI=1S/C26H20ClN5S/c27-23-20(16-15-18-9-7-8-14-22(18)23)17-28-32-26-29-24(19-10-3-1-4-11-19)25(33-26)31-30-21-12-5-2-6-13-21/h1-14,17H,15-16H2,(H,29,32)/b28-17+,31-30?. The van der Waals surface area contributed by atoms with Crippen LogP contribution >= 0.6 is 22.9 Å². The number of nitrogens with one attached hydrogen (secondary N) is 1. The van der Waals surface area contributed by atoms with E-state index in [4.69, 9.17) is 16.6 Å². The molecule has 5 nitrogen and oxygen atoms in total. The molecule has 0 unspecified atom stereocenters. The Labute approximate surface area is 201 Å². The Balaban J connectivity index is 1.40. The summed E-state index contributed by atoms with van der Waals surface area (Å²) >= 11 is 8.03. The van der Waals surface area contributed by atoms with Crippen molar-refractivity contribution in [3.8, 4) is 11.3 Å². The lowest BCUT2D eigenvalue weighted by Crippen LogP contribution is -2.04. The van der Waals surface area contributed by atoms with E-state index in [1.807, 2.05) is 72.8 Å². The first kappa shape index (κ1) is 21.2. The lowest BCUT2D eigenvalue weighted by Gasteiger charge is -2.17. The molecule has 4 aromatic rings. The molecule has 0 bridgehead atoms. The summed E-state index contributed by atoms with van der Waals surface area (Å²) < 4.78 is 0. The van der Waals surface area contributed by atoms with Crippen molar-refractivity contribution in [2.45, 2.75) is 12.8 Å². The van der Waals surface area contributed by atoms with E-state index in [-0.39, 0.29) is 0 Å². The van der Waals surface area contributed by atoms with Crippen molar-refractivity contribution in [2.75, 3.05) is 5.43 Å². The SMILES string of the molecule is ClC1=C(/C=N/Nc2nc(-c3ccccc3)c(N=Nc3ccccc3)s2)CCc2ccccc21. The fourth-order valence-corrected chi connectivity index (χ4v) is 4.69. The number of hydrazone groups is 1. The molecular weight excluding hydrogens is 450 g/mol. The van der Waals surface area contributed by atoms with Gasteiger partial charge in [-0.2, -0.15) is 5.10 Å². The first-order valence-corrected chi connectivity index (χ1v) is 11.8. The highest BCUT2D eigenvalue weighted by molar-refractivity contribution is 7.19. The molecule has 0 radical (unpaired) electrons. The van der Waals surface area contributed by atoms with E-state index < -0.39 is 0 Å². The summed E-state index contributed by atoms with van der Waals surface area (Å²) in [5.74, 6) is 0. The Kier molecular flexibility index (Phi) is 6.37. The molecule has 0 amide bonds. The number of nitrogens with zero attached hydrogens (tertiary/aromatic N) is 4. The minimum absolute atomic E-state index is 0.639. The highest BCUT2D eigenvalue weighted by atomic mass is 35.5. The van der Waals surface area contributed by atoms with E-state index in [0.29, 0.717) is 10.1 Å². The minimum Gasteiger partial charge on any atom is -0.253 e. The molecule has 0 fully saturated rings. The summed E-state index contributed by atoms with van der Waals surface area (Å²) in [6, 6.07) is 27.8. The number of aryl methyl sites for hydroxylation is 1. The van der Waals surface area contributed by atoms with Gasteiger partial charge >= 0.3 is 0 Å². The fourth-order valence-electron chi connectivity index (χ4n) is 3.60. The summed E-state index contributed by atoms with van der Waals surface area (Å²) in [5, 5.41) is 15.4. The highest BCUT2D eigenvalue weighted by Gasteiger charge is 2.16. The summed E-state index contributed by atoms with van der Waals surface area (Å²) in [7, 11) is 0. The summed E-state index contributed by atoms with van der Waals surface area (Å²) in [6.45, 7) is 0. The molecule has 1 aliphatic carbocycles. The van der Waals surface area contributed by atoms with Gasteiger partial charge in [-0.15, -0.1) is 10.2 Å². The third-order valence-electron chi connectivity index (χ3n) is 5.25. The maximum Gasteiger partial charge on any atom is 0.206 e. The third kappa shape index (κ3) is 4.92. The van der Waals surface area contributed by atoms with Crippen LogP contribution in [0, 0.1) is 0 Å². The van der Waals surface area contributed by atoms with Crippen LogP contribution in [0.25, 0.3) is 16.3 Å². The number of thiazole rings is 1. The number of benzene rings is 3. The predicted octanol–water partition coefficient (Wildman–Crippen LogP) is 8.22. The first-order chi connectivity index (χ1) is 16.3. The Hall–Kier alpha value is -3.61. The Morgan fingerprint density at radius 3 is 2.39 bits per heavy atom. The molecule has 0 atom stereocenters. The zero-order valence-corrected chi connectivity index (χ0v) is 19.2. The predicted molar refractivity (Wildman–Crippen MR) is 138 cm³/mol. The maximum atomic E-state index is 6.62. The second-order valence-corrected chi connectivity index (χ2v) is 8.80. The normalized spacial score (nSPS) is 13.6. The molecular formula is C26H20ClN5S. The number of anilines is 1. The molecule has 3 aromatic carbocycles. The smallest absolute Gasteiger partial charge is 0.206 e. The molecule has 5 rings (SSSR count). The molecule has 162 valence electrons. The van der Waals surface area contributed by atoms with Gasteiger partial charge in [-0.3, -0.25) is 5.43 Å². The maximum absolute atomic E-state index is 6.62. The molecule has 1 aromatic heterocycles. The Bertz CT molecular complexity index is 1340. The van der Waals surface area contributed by atoms with Crippen LogP contribution in [0.4, 0.5) is 15.8 Å². The molecule has 1 aliphatic rings. The van der Waals surface area contributed by atoms with Gasteiger partial charge < -0.3 is 0 Å². The van der Waals surface area contributed by atoms with Gasteiger partial charge in [-0.1, -0.05) is 95.7 Å². The average molecular weight is 470 g/mol. The van der Waals surface area contributed by atoms with Gasteiger partial charge in [0, 0.05) is 5.56 Å². The topological polar surface area (TPSA) is 62.0 Å². The lowest BCUT2D eigenvalue weighted by molar-refractivity contribution is 0.960. The molecule has 0 aliphatic heterocycles. The van der Waals surface area contributed by atoms with Gasteiger partial charge in [0.2, 0.25) is 5.13 Å². The van der Waals surface area contributed by atoms with Crippen LogP contribution in [0.3, 0.4) is 0 Å². The van der Waals surface area contributed by atoms with E-state index in [2.05, 4.69) is 32.9 Å². The Morgan fingerprint density at radius 2 is 1.58 bits per heavy atom. The second-order valence-electron chi connectivity index (χ2n) is 7.44. The second kappa shape index (κ2) is 9.90. The van der Waals surface area contributed by atoms with Gasteiger partial charge in [-0.25, -0.2) is 4.98 Å². The number of fused-ring (bicyclic) bond motifs is 1. The largest absolute Gasteiger partial charge is 0.253 e. The van der Waals surface area contributed by atoms with Crippen LogP contribution in [-0.4, -0.2) is 11.2 Å². The fraction of sp³-hybridized carbons (Fsp3) is 0.0769. The number of aromatic nitrogens is 1. The van der Waals surface area contributed by atoms with E-state index in [0.717, 1.165) is 46.0 Å².